The summed E-state index contributed by atoms with van der Waals surface area (Å²) in [6.45, 7) is 1.41. The van der Waals surface area contributed by atoms with Crippen LogP contribution in [0.15, 0.2) is 83.8 Å². The van der Waals surface area contributed by atoms with Gasteiger partial charge in [0.15, 0.2) is 16.4 Å². The van der Waals surface area contributed by atoms with Crippen molar-refractivity contribution < 1.29 is 22.7 Å². The van der Waals surface area contributed by atoms with Crippen molar-refractivity contribution in [3.63, 3.8) is 0 Å². The smallest absolute Gasteiger partial charge is 0.262 e. The topological polar surface area (TPSA) is 81.7 Å². The van der Waals surface area contributed by atoms with Crippen molar-refractivity contribution >= 4 is 21.4 Å². The SMILES string of the molecule is CCS(=O)(=O)c1ccc(NC(=O)COc2ccc(Oc3ccccc3)cc2)cc1. The van der Waals surface area contributed by atoms with E-state index in [9.17, 15) is 13.2 Å². The van der Waals surface area contributed by atoms with Crippen molar-refractivity contribution in [3.05, 3.63) is 78.9 Å². The second-order valence-electron chi connectivity index (χ2n) is 6.15. The highest BCUT2D eigenvalue weighted by Gasteiger charge is 2.11. The normalized spacial score (nSPS) is 10.9. The number of nitrogens with one attached hydrogen (secondary N) is 1. The van der Waals surface area contributed by atoms with Gasteiger partial charge in [-0.05, 0) is 60.7 Å². The number of carbonyl (C=O) groups excluding carboxylic acids is 1. The van der Waals surface area contributed by atoms with E-state index in [2.05, 4.69) is 5.32 Å². The Bertz CT molecular complexity index is 1050. The van der Waals surface area contributed by atoms with Crippen LogP contribution >= 0.6 is 0 Å². The maximum atomic E-state index is 12.1. The first kappa shape index (κ1) is 20.4. The first-order valence-corrected chi connectivity index (χ1v) is 10.7. The Balaban J connectivity index is 1.50. The zero-order chi connectivity index (χ0) is 20.7. The van der Waals surface area contributed by atoms with E-state index in [1.165, 1.54) is 12.1 Å². The van der Waals surface area contributed by atoms with Crippen molar-refractivity contribution in [1.29, 1.82) is 0 Å². The third-order valence-electron chi connectivity index (χ3n) is 4.05. The molecule has 0 aromatic heterocycles. The van der Waals surface area contributed by atoms with Crippen molar-refractivity contribution in [1.82, 2.24) is 0 Å². The standard InChI is InChI=1S/C22H21NO5S/c1-2-29(25,26)21-14-8-17(9-15-21)23-22(24)16-27-18-10-12-20(13-11-18)28-19-6-4-3-5-7-19/h3-15H,2,16H2,1H3,(H,23,24). The molecule has 0 unspecified atom stereocenters. The van der Waals surface area contributed by atoms with Crippen LogP contribution in [0.4, 0.5) is 5.69 Å². The van der Waals surface area contributed by atoms with Crippen LogP contribution in [-0.4, -0.2) is 26.7 Å². The summed E-state index contributed by atoms with van der Waals surface area (Å²) in [7, 11) is -3.26. The molecule has 0 heterocycles. The molecule has 1 N–H and O–H groups in total. The Labute approximate surface area is 170 Å². The summed E-state index contributed by atoms with van der Waals surface area (Å²) < 4.78 is 34.8. The molecule has 6 nitrogen and oxygen atoms in total. The van der Waals surface area contributed by atoms with Crippen molar-refractivity contribution in [3.8, 4) is 17.2 Å². The minimum absolute atomic E-state index is 0.0295. The van der Waals surface area contributed by atoms with Gasteiger partial charge in [-0.1, -0.05) is 25.1 Å². The summed E-state index contributed by atoms with van der Waals surface area (Å²) in [4.78, 5) is 12.3. The Kier molecular flexibility index (Phi) is 6.51. The number of para-hydroxylation sites is 1. The molecule has 1 amide bonds. The van der Waals surface area contributed by atoms with E-state index in [-0.39, 0.29) is 23.2 Å². The van der Waals surface area contributed by atoms with Gasteiger partial charge in [0.25, 0.3) is 5.91 Å². The maximum Gasteiger partial charge on any atom is 0.262 e. The van der Waals surface area contributed by atoms with Crippen LogP contribution in [0.25, 0.3) is 0 Å². The number of hydrogen-bond acceptors (Lipinski definition) is 5. The van der Waals surface area contributed by atoms with E-state index in [4.69, 9.17) is 9.47 Å². The number of sulfone groups is 1. The fourth-order valence-electron chi connectivity index (χ4n) is 2.49. The summed E-state index contributed by atoms with van der Waals surface area (Å²) in [6, 6.07) is 22.4. The van der Waals surface area contributed by atoms with Gasteiger partial charge in [-0.25, -0.2) is 8.42 Å². The van der Waals surface area contributed by atoms with Crippen molar-refractivity contribution in [2.75, 3.05) is 17.7 Å². The van der Waals surface area contributed by atoms with Gasteiger partial charge in [-0.3, -0.25) is 4.79 Å². The number of rotatable bonds is 8. The van der Waals surface area contributed by atoms with Crippen LogP contribution in [0.2, 0.25) is 0 Å². The van der Waals surface area contributed by atoms with E-state index < -0.39 is 9.84 Å². The molecule has 0 aliphatic heterocycles. The fourth-order valence-corrected chi connectivity index (χ4v) is 3.37. The van der Waals surface area contributed by atoms with Crippen LogP contribution in [0.1, 0.15) is 6.92 Å². The molecule has 0 atom stereocenters. The highest BCUT2D eigenvalue weighted by Crippen LogP contribution is 2.23. The highest BCUT2D eigenvalue weighted by molar-refractivity contribution is 7.91. The lowest BCUT2D eigenvalue weighted by Crippen LogP contribution is -2.20. The van der Waals surface area contributed by atoms with Gasteiger partial charge in [-0.2, -0.15) is 0 Å². The molecule has 150 valence electrons. The van der Waals surface area contributed by atoms with Gasteiger partial charge < -0.3 is 14.8 Å². The van der Waals surface area contributed by atoms with Gasteiger partial charge in [-0.15, -0.1) is 0 Å². The number of anilines is 1. The van der Waals surface area contributed by atoms with E-state index >= 15 is 0 Å². The molecule has 0 aliphatic carbocycles. The van der Waals surface area contributed by atoms with Gasteiger partial charge in [0, 0.05) is 5.69 Å². The molecule has 3 rings (SSSR count). The molecular weight excluding hydrogens is 390 g/mol. The molecule has 0 radical (unpaired) electrons. The Morgan fingerprint density at radius 3 is 2.03 bits per heavy atom. The summed E-state index contributed by atoms with van der Waals surface area (Å²) >= 11 is 0. The summed E-state index contributed by atoms with van der Waals surface area (Å²) in [5, 5.41) is 2.67. The average molecular weight is 411 g/mol. The molecule has 3 aromatic rings. The Morgan fingerprint density at radius 1 is 0.828 bits per heavy atom. The number of hydrogen-bond donors (Lipinski definition) is 1. The van der Waals surface area contributed by atoms with Crippen LogP contribution in [-0.2, 0) is 14.6 Å². The maximum absolute atomic E-state index is 12.1. The first-order valence-electron chi connectivity index (χ1n) is 9.05. The number of benzene rings is 3. The van der Waals surface area contributed by atoms with E-state index in [1.54, 1.807) is 43.3 Å². The Hall–Kier alpha value is -3.32. The quantitative estimate of drug-likeness (QED) is 0.598. The van der Waals surface area contributed by atoms with Gasteiger partial charge in [0.2, 0.25) is 0 Å². The molecule has 7 heteroatoms. The molecule has 3 aromatic carbocycles. The van der Waals surface area contributed by atoms with Crippen LogP contribution in [0.3, 0.4) is 0 Å². The minimum atomic E-state index is -3.26. The molecule has 29 heavy (non-hydrogen) atoms. The monoisotopic (exact) mass is 411 g/mol. The predicted octanol–water partition coefficient (Wildman–Crippen LogP) is 4.29. The zero-order valence-corrected chi connectivity index (χ0v) is 16.7. The number of ether oxygens (including phenoxy) is 2. The third-order valence-corrected chi connectivity index (χ3v) is 5.80. The minimum Gasteiger partial charge on any atom is -0.484 e. The molecule has 0 bridgehead atoms. The second-order valence-corrected chi connectivity index (χ2v) is 8.43. The van der Waals surface area contributed by atoms with Crippen molar-refractivity contribution in [2.45, 2.75) is 11.8 Å². The average Bonchev–Trinajstić information content (AvgIpc) is 2.74. The summed E-state index contributed by atoms with van der Waals surface area (Å²) in [5.74, 6) is 1.61. The van der Waals surface area contributed by atoms with Crippen LogP contribution < -0.4 is 14.8 Å². The van der Waals surface area contributed by atoms with E-state index in [1.807, 2.05) is 30.3 Å². The largest absolute Gasteiger partial charge is 0.484 e. The highest BCUT2D eigenvalue weighted by atomic mass is 32.2. The van der Waals surface area contributed by atoms with E-state index in [0.29, 0.717) is 17.2 Å². The molecule has 0 fully saturated rings. The van der Waals surface area contributed by atoms with Gasteiger partial charge >= 0.3 is 0 Å². The first-order chi connectivity index (χ1) is 14.0. The van der Waals surface area contributed by atoms with Crippen LogP contribution in [0.5, 0.6) is 17.2 Å². The molecule has 0 aliphatic rings. The van der Waals surface area contributed by atoms with E-state index in [0.717, 1.165) is 5.75 Å². The van der Waals surface area contributed by atoms with Crippen LogP contribution in [0, 0.1) is 0 Å². The summed E-state index contributed by atoms with van der Waals surface area (Å²) in [5.41, 5.74) is 0.500. The van der Waals surface area contributed by atoms with Crippen molar-refractivity contribution in [2.24, 2.45) is 0 Å². The molecule has 0 spiro atoms. The third kappa shape index (κ3) is 5.83. The fraction of sp³-hybridized carbons (Fsp3) is 0.136. The lowest BCUT2D eigenvalue weighted by atomic mass is 10.3. The Morgan fingerprint density at radius 2 is 1.41 bits per heavy atom. The van der Waals surface area contributed by atoms with Gasteiger partial charge in [0.1, 0.15) is 17.2 Å². The van der Waals surface area contributed by atoms with Gasteiger partial charge in [0.05, 0.1) is 10.6 Å². The number of carbonyl (C=O) groups is 1. The zero-order valence-electron chi connectivity index (χ0n) is 15.9. The second kappa shape index (κ2) is 9.25. The lowest BCUT2D eigenvalue weighted by molar-refractivity contribution is -0.118. The number of amides is 1. The lowest BCUT2D eigenvalue weighted by Gasteiger charge is -2.09. The predicted molar refractivity (Wildman–Crippen MR) is 111 cm³/mol. The molecule has 0 saturated carbocycles. The summed E-state index contributed by atoms with van der Waals surface area (Å²) in [6.07, 6.45) is 0. The molecular formula is C22H21NO5S. The molecule has 0 saturated heterocycles.